The summed E-state index contributed by atoms with van der Waals surface area (Å²) >= 11 is 11.2. The molecule has 1 fully saturated rings. The highest BCUT2D eigenvalue weighted by atomic mass is 35.5. The van der Waals surface area contributed by atoms with Gasteiger partial charge in [-0.1, -0.05) is 0 Å². The monoisotopic (exact) mass is 154 g/mol. The summed E-state index contributed by atoms with van der Waals surface area (Å²) in [4.78, 5) is 0. The highest BCUT2D eigenvalue weighted by Crippen LogP contribution is 2.22. The van der Waals surface area contributed by atoms with Crippen molar-refractivity contribution < 1.29 is 0 Å². The van der Waals surface area contributed by atoms with Crippen LogP contribution < -0.4 is 5.32 Å². The molecule has 1 aliphatic rings. The van der Waals surface area contributed by atoms with E-state index in [4.69, 9.17) is 23.4 Å². The van der Waals surface area contributed by atoms with Gasteiger partial charge < -0.3 is 5.32 Å². The third kappa shape index (κ3) is 0.935. The topological polar surface area (TPSA) is 15.3 Å². The average molecular weight is 155 g/mol. The lowest BCUT2D eigenvalue weighted by Crippen LogP contribution is -2.58. The van der Waals surface area contributed by atoms with Gasteiger partial charge in [-0.3, -0.25) is 0 Å². The summed E-state index contributed by atoms with van der Waals surface area (Å²) in [6, 6.07) is 0.370. The minimum atomic E-state index is -0.0262. The summed E-state index contributed by atoms with van der Waals surface area (Å²) in [7, 11) is 1.88. The third-order valence-corrected chi connectivity index (χ3v) is 2.33. The molecule has 0 amide bonds. The van der Waals surface area contributed by atoms with Crippen molar-refractivity contribution >= 4 is 23.4 Å². The highest BCUT2D eigenvalue weighted by molar-refractivity contribution is 6.26. The van der Waals surface area contributed by atoms with Gasteiger partial charge in [0, 0.05) is 6.54 Å². The van der Waals surface area contributed by atoms with E-state index in [9.17, 15) is 0 Å². The maximum atomic E-state index is 5.70. The predicted molar refractivity (Wildman–Crippen MR) is 35.0 cm³/mol. The van der Waals surface area contributed by atoms with Crippen LogP contribution in [0.4, 0.5) is 0 Å². The van der Waals surface area contributed by atoms with Crippen molar-refractivity contribution in [3.05, 3.63) is 0 Å². The molecule has 0 aromatic carbocycles. The lowest BCUT2D eigenvalue weighted by atomic mass is 10.2. The van der Waals surface area contributed by atoms with Crippen LogP contribution in [0, 0.1) is 0 Å². The van der Waals surface area contributed by atoms with Gasteiger partial charge >= 0.3 is 0 Å². The normalized spacial score (nSPS) is 39.4. The fourth-order valence-electron chi connectivity index (χ4n) is 0.662. The Labute approximate surface area is 58.9 Å². The number of hydrogen-bond donors (Lipinski definition) is 1. The van der Waals surface area contributed by atoms with Gasteiger partial charge in [-0.05, 0) is 18.8 Å². The maximum absolute atomic E-state index is 5.70. The number of nitrogens with zero attached hydrogens (tertiary/aromatic N) is 1. The van der Waals surface area contributed by atoms with Crippen LogP contribution >= 0.6 is 23.4 Å². The van der Waals surface area contributed by atoms with Crippen LogP contribution in [-0.2, 0) is 0 Å². The van der Waals surface area contributed by atoms with Crippen LogP contribution in [0.5, 0.6) is 0 Å². The molecule has 8 heavy (non-hydrogen) atoms. The Morgan fingerprint density at radius 2 is 2.38 bits per heavy atom. The molecular formula is C4H8Cl2N2. The van der Waals surface area contributed by atoms with Gasteiger partial charge in [-0.15, -0.1) is 11.6 Å². The summed E-state index contributed by atoms with van der Waals surface area (Å²) < 4.78 is 1.57. The first-order chi connectivity index (χ1) is 3.75. The first kappa shape index (κ1) is 6.62. The van der Waals surface area contributed by atoms with E-state index in [0.29, 0.717) is 6.04 Å². The van der Waals surface area contributed by atoms with Crippen LogP contribution in [-0.4, -0.2) is 29.6 Å². The number of nitrogens with one attached hydrogen (secondary N) is 1. The molecule has 0 saturated carbocycles. The second-order valence-electron chi connectivity index (χ2n) is 1.85. The van der Waals surface area contributed by atoms with Crippen molar-refractivity contribution in [2.75, 3.05) is 13.6 Å². The molecule has 1 rings (SSSR count). The Morgan fingerprint density at radius 3 is 2.50 bits per heavy atom. The largest absolute Gasteiger partial charge is 0.313 e. The van der Waals surface area contributed by atoms with Gasteiger partial charge in [0.2, 0.25) is 0 Å². The number of alkyl halides is 1. The van der Waals surface area contributed by atoms with Crippen LogP contribution in [0.3, 0.4) is 0 Å². The fourth-order valence-corrected chi connectivity index (χ4v) is 1.23. The molecule has 1 aliphatic heterocycles. The van der Waals surface area contributed by atoms with Crippen LogP contribution in [0.1, 0.15) is 0 Å². The summed E-state index contributed by atoms with van der Waals surface area (Å²) in [5.74, 6) is 0. The van der Waals surface area contributed by atoms with E-state index in [1.165, 1.54) is 0 Å². The van der Waals surface area contributed by atoms with E-state index in [2.05, 4.69) is 5.32 Å². The molecular weight excluding hydrogens is 147 g/mol. The lowest BCUT2D eigenvalue weighted by molar-refractivity contribution is 0.211. The van der Waals surface area contributed by atoms with Crippen molar-refractivity contribution in [2.45, 2.75) is 11.5 Å². The minimum Gasteiger partial charge on any atom is -0.313 e. The SMILES string of the molecule is CNC1CN(Cl)C1Cl. The van der Waals surface area contributed by atoms with Gasteiger partial charge in [-0.2, -0.15) is 4.42 Å². The summed E-state index contributed by atoms with van der Waals surface area (Å²) in [6.45, 7) is 0.840. The van der Waals surface area contributed by atoms with Crippen molar-refractivity contribution in [1.29, 1.82) is 0 Å². The van der Waals surface area contributed by atoms with Gasteiger partial charge in [-0.25, -0.2) is 0 Å². The third-order valence-electron chi connectivity index (χ3n) is 1.34. The van der Waals surface area contributed by atoms with E-state index in [1.54, 1.807) is 4.42 Å². The molecule has 0 spiro atoms. The molecule has 1 heterocycles. The molecule has 48 valence electrons. The Balaban J connectivity index is 2.25. The van der Waals surface area contributed by atoms with E-state index in [1.807, 2.05) is 7.05 Å². The zero-order valence-electron chi connectivity index (χ0n) is 4.56. The molecule has 0 aromatic rings. The summed E-state index contributed by atoms with van der Waals surface area (Å²) in [5.41, 5.74) is -0.0262. The van der Waals surface area contributed by atoms with E-state index < -0.39 is 0 Å². The first-order valence-corrected chi connectivity index (χ1v) is 3.27. The molecule has 0 radical (unpaired) electrons. The highest BCUT2D eigenvalue weighted by Gasteiger charge is 2.34. The Bertz CT molecular complexity index is 88.1. The van der Waals surface area contributed by atoms with E-state index in [0.717, 1.165) is 6.54 Å². The molecule has 2 nitrogen and oxygen atoms in total. The Morgan fingerprint density at radius 1 is 1.75 bits per heavy atom. The minimum absolute atomic E-state index is 0.0262. The van der Waals surface area contributed by atoms with Crippen LogP contribution in [0.25, 0.3) is 0 Å². The van der Waals surface area contributed by atoms with Crippen molar-refractivity contribution in [3.63, 3.8) is 0 Å². The Kier molecular flexibility index (Phi) is 1.98. The fraction of sp³-hybridized carbons (Fsp3) is 1.00. The van der Waals surface area contributed by atoms with Crippen molar-refractivity contribution in [2.24, 2.45) is 0 Å². The maximum Gasteiger partial charge on any atom is 0.115 e. The first-order valence-electron chi connectivity index (χ1n) is 2.49. The van der Waals surface area contributed by atoms with Gasteiger partial charge in [0.05, 0.1) is 6.04 Å². The number of halogens is 2. The smallest absolute Gasteiger partial charge is 0.115 e. The van der Waals surface area contributed by atoms with E-state index in [-0.39, 0.29) is 5.50 Å². The summed E-state index contributed by atoms with van der Waals surface area (Å²) in [5, 5.41) is 3.02. The Hall–Kier alpha value is 0.500. The van der Waals surface area contributed by atoms with Gasteiger partial charge in [0.15, 0.2) is 0 Å². The van der Waals surface area contributed by atoms with Gasteiger partial charge in [0.25, 0.3) is 0 Å². The van der Waals surface area contributed by atoms with Crippen molar-refractivity contribution in [3.8, 4) is 0 Å². The molecule has 2 atom stereocenters. The molecule has 0 bridgehead atoms. The van der Waals surface area contributed by atoms with Crippen LogP contribution in [0.2, 0.25) is 0 Å². The predicted octanol–water partition coefficient (Wildman–Crippen LogP) is 0.609. The quantitative estimate of drug-likeness (QED) is 0.339. The average Bonchev–Trinajstić information content (AvgIpc) is 1.81. The summed E-state index contributed by atoms with van der Waals surface area (Å²) in [6.07, 6.45) is 0. The van der Waals surface area contributed by atoms with Crippen molar-refractivity contribution in [1.82, 2.24) is 9.74 Å². The lowest BCUT2D eigenvalue weighted by Gasteiger charge is -2.38. The number of hydrogen-bond acceptors (Lipinski definition) is 2. The van der Waals surface area contributed by atoms with Gasteiger partial charge in [0.1, 0.15) is 5.50 Å². The standard InChI is InChI=1S/C4H8Cl2N2/c1-7-3-2-8(6)4(3)5/h3-4,7H,2H2,1H3. The second-order valence-corrected chi connectivity index (χ2v) is 2.73. The number of likely N-dealkylation sites (N-methyl/N-ethyl adjacent to an activating group) is 1. The molecule has 1 N–H and O–H groups in total. The molecule has 1 saturated heterocycles. The zero-order valence-corrected chi connectivity index (χ0v) is 6.08. The van der Waals surface area contributed by atoms with Crippen LogP contribution in [0.15, 0.2) is 0 Å². The molecule has 0 aliphatic carbocycles. The zero-order chi connectivity index (χ0) is 6.15. The molecule has 0 aromatic heterocycles. The van der Waals surface area contributed by atoms with E-state index >= 15 is 0 Å². The molecule has 4 heteroatoms. The molecule has 2 unspecified atom stereocenters. The second kappa shape index (κ2) is 2.40. The number of rotatable bonds is 1.